The Kier molecular flexibility index (Phi) is 6.13. The minimum atomic E-state index is -1.22. The van der Waals surface area contributed by atoms with Crippen LogP contribution in [0.15, 0.2) is 23.8 Å². The van der Waals surface area contributed by atoms with Crippen molar-refractivity contribution in [2.45, 2.75) is 89.1 Å². The molecule has 0 amide bonds. The van der Waals surface area contributed by atoms with Crippen LogP contribution < -0.4 is 0 Å². The maximum atomic E-state index is 12.4. The lowest BCUT2D eigenvalue weighted by Gasteiger charge is -2.33. The predicted molar refractivity (Wildman–Crippen MR) is 95.8 cm³/mol. The molecule has 2 rings (SSSR count). The van der Waals surface area contributed by atoms with Gasteiger partial charge in [-0.25, -0.2) is 4.79 Å². The maximum absolute atomic E-state index is 12.4. The standard InChI is InChI=1S/C20H32O5/c1-13-6-5-10-19(3,24)17(22)12-15-9-11-20(4,16(21)8-7-13)25-18(23)14(15)2/h6,15-17,21-22,24H,2,5,7-12H2,1,3-4H3/b13-6+/t15-,16+,17-,19+,20?/m1/s1. The molecule has 0 aromatic rings. The molecule has 2 aliphatic rings. The van der Waals surface area contributed by atoms with Gasteiger partial charge < -0.3 is 20.1 Å². The van der Waals surface area contributed by atoms with Crippen molar-refractivity contribution < 1.29 is 24.9 Å². The number of carbonyl (C=O) groups excluding carboxylic acids is 1. The zero-order valence-electron chi connectivity index (χ0n) is 15.6. The quantitative estimate of drug-likeness (QED) is 0.354. The Morgan fingerprint density at radius 3 is 2.56 bits per heavy atom. The van der Waals surface area contributed by atoms with Crippen molar-refractivity contribution in [3.8, 4) is 0 Å². The van der Waals surface area contributed by atoms with E-state index in [1.807, 2.05) is 13.0 Å². The average molecular weight is 352 g/mol. The molecule has 5 heteroatoms. The van der Waals surface area contributed by atoms with Crippen LogP contribution in [0.2, 0.25) is 0 Å². The molecular formula is C20H32O5. The van der Waals surface area contributed by atoms with E-state index in [-0.39, 0.29) is 12.3 Å². The van der Waals surface area contributed by atoms with Gasteiger partial charge in [0.15, 0.2) is 0 Å². The van der Waals surface area contributed by atoms with Crippen LogP contribution in [0.1, 0.15) is 65.7 Å². The first kappa shape index (κ1) is 20.1. The fraction of sp³-hybridized carbons (Fsp3) is 0.750. The van der Waals surface area contributed by atoms with Gasteiger partial charge in [-0.3, -0.25) is 0 Å². The molecule has 1 aliphatic carbocycles. The molecular weight excluding hydrogens is 320 g/mol. The van der Waals surface area contributed by atoms with Gasteiger partial charge in [-0.1, -0.05) is 18.2 Å². The highest BCUT2D eigenvalue weighted by Gasteiger charge is 2.43. The molecule has 0 spiro atoms. The predicted octanol–water partition coefficient (Wildman–Crippen LogP) is 2.64. The number of esters is 1. The van der Waals surface area contributed by atoms with E-state index in [0.29, 0.717) is 44.1 Å². The van der Waals surface area contributed by atoms with Crippen molar-refractivity contribution in [2.24, 2.45) is 5.92 Å². The van der Waals surface area contributed by atoms with Crippen molar-refractivity contribution in [1.29, 1.82) is 0 Å². The Morgan fingerprint density at radius 1 is 1.20 bits per heavy atom. The molecule has 5 nitrogen and oxygen atoms in total. The Hall–Kier alpha value is -1.17. The van der Waals surface area contributed by atoms with Crippen molar-refractivity contribution >= 4 is 5.97 Å². The number of rotatable bonds is 0. The van der Waals surface area contributed by atoms with Gasteiger partial charge in [0.2, 0.25) is 0 Å². The van der Waals surface area contributed by atoms with Crippen LogP contribution in [0, 0.1) is 5.92 Å². The third-order valence-electron chi connectivity index (χ3n) is 5.96. The lowest BCUT2D eigenvalue weighted by molar-refractivity contribution is -0.165. The molecule has 0 saturated carbocycles. The molecule has 0 aromatic heterocycles. The van der Waals surface area contributed by atoms with Crippen molar-refractivity contribution in [2.75, 3.05) is 0 Å². The average Bonchev–Trinajstić information content (AvgIpc) is 2.64. The first-order chi connectivity index (χ1) is 11.5. The minimum Gasteiger partial charge on any atom is -0.453 e. The highest BCUT2D eigenvalue weighted by atomic mass is 16.6. The summed E-state index contributed by atoms with van der Waals surface area (Å²) in [5.41, 5.74) is -0.741. The number of hydrogen-bond acceptors (Lipinski definition) is 5. The third-order valence-corrected chi connectivity index (χ3v) is 5.96. The van der Waals surface area contributed by atoms with Gasteiger partial charge in [-0.05, 0) is 71.6 Å². The van der Waals surface area contributed by atoms with E-state index in [0.717, 1.165) is 5.57 Å². The molecule has 0 aromatic carbocycles. The molecule has 142 valence electrons. The third kappa shape index (κ3) is 4.72. The molecule has 1 fully saturated rings. The number of ether oxygens (including phenoxy) is 1. The first-order valence-corrected chi connectivity index (χ1v) is 9.21. The van der Waals surface area contributed by atoms with Gasteiger partial charge in [0.1, 0.15) is 5.60 Å². The number of carbonyl (C=O) groups is 1. The molecule has 3 N–H and O–H groups in total. The normalized spacial score (nSPS) is 43.6. The maximum Gasteiger partial charge on any atom is 0.334 e. The van der Waals surface area contributed by atoms with E-state index in [4.69, 9.17) is 4.74 Å². The lowest BCUT2D eigenvalue weighted by Crippen LogP contribution is -2.43. The summed E-state index contributed by atoms with van der Waals surface area (Å²) in [7, 11) is 0. The number of aliphatic hydroxyl groups is 3. The van der Waals surface area contributed by atoms with E-state index in [1.165, 1.54) is 0 Å². The largest absolute Gasteiger partial charge is 0.453 e. The highest BCUT2D eigenvalue weighted by molar-refractivity contribution is 5.89. The Bertz CT molecular complexity index is 550. The molecule has 25 heavy (non-hydrogen) atoms. The fourth-order valence-electron chi connectivity index (χ4n) is 3.70. The molecule has 1 aliphatic heterocycles. The second-order valence-corrected chi connectivity index (χ2v) is 8.22. The van der Waals surface area contributed by atoms with Gasteiger partial charge in [0.25, 0.3) is 0 Å². The molecule has 1 heterocycles. The molecule has 5 atom stereocenters. The summed E-state index contributed by atoms with van der Waals surface area (Å²) >= 11 is 0. The van der Waals surface area contributed by atoms with Crippen molar-refractivity contribution in [3.63, 3.8) is 0 Å². The van der Waals surface area contributed by atoms with E-state index in [9.17, 15) is 20.1 Å². The topological polar surface area (TPSA) is 87.0 Å². The first-order valence-electron chi connectivity index (χ1n) is 9.21. The van der Waals surface area contributed by atoms with Gasteiger partial charge in [-0.15, -0.1) is 0 Å². The SMILES string of the molecule is C=C1C(=O)OC2(C)CC[C@@H]1C[C@@H](O)[C@@](C)(O)CC/C=C(\C)CC[C@@H]2O. The number of fused-ring (bicyclic) bond motifs is 3. The van der Waals surface area contributed by atoms with Crippen LogP contribution in [0.4, 0.5) is 0 Å². The number of aliphatic hydroxyl groups excluding tert-OH is 2. The van der Waals surface area contributed by atoms with Crippen LogP contribution in [0.25, 0.3) is 0 Å². The van der Waals surface area contributed by atoms with E-state index in [1.54, 1.807) is 13.8 Å². The summed E-state index contributed by atoms with van der Waals surface area (Å²) in [6.45, 7) is 9.25. The monoisotopic (exact) mass is 352 g/mol. The smallest absolute Gasteiger partial charge is 0.334 e. The van der Waals surface area contributed by atoms with E-state index >= 15 is 0 Å². The van der Waals surface area contributed by atoms with Crippen molar-refractivity contribution in [3.05, 3.63) is 23.8 Å². The minimum absolute atomic E-state index is 0.260. The van der Waals surface area contributed by atoms with Crippen LogP contribution in [0.5, 0.6) is 0 Å². The van der Waals surface area contributed by atoms with Gasteiger partial charge in [-0.2, -0.15) is 0 Å². The molecule has 1 saturated heterocycles. The lowest BCUT2D eigenvalue weighted by atomic mass is 9.80. The summed E-state index contributed by atoms with van der Waals surface area (Å²) < 4.78 is 5.60. The highest BCUT2D eigenvalue weighted by Crippen LogP contribution is 2.38. The zero-order chi connectivity index (χ0) is 18.8. The number of allylic oxidation sites excluding steroid dienone is 2. The number of hydrogen-bond donors (Lipinski definition) is 3. The van der Waals surface area contributed by atoms with Gasteiger partial charge in [0.05, 0.1) is 17.8 Å². The summed E-state index contributed by atoms with van der Waals surface area (Å²) in [5, 5.41) is 31.8. The molecule has 2 bridgehead atoms. The van der Waals surface area contributed by atoms with Gasteiger partial charge in [0, 0.05) is 5.57 Å². The van der Waals surface area contributed by atoms with Crippen LogP contribution in [-0.4, -0.2) is 44.7 Å². The van der Waals surface area contributed by atoms with Gasteiger partial charge >= 0.3 is 5.97 Å². The summed E-state index contributed by atoms with van der Waals surface area (Å²) in [6, 6.07) is 0. The van der Waals surface area contributed by atoms with Crippen LogP contribution >= 0.6 is 0 Å². The Balaban J connectivity index is 2.33. The van der Waals surface area contributed by atoms with E-state index in [2.05, 4.69) is 6.58 Å². The zero-order valence-corrected chi connectivity index (χ0v) is 15.6. The summed E-state index contributed by atoms with van der Waals surface area (Å²) in [4.78, 5) is 12.4. The Morgan fingerprint density at radius 2 is 1.88 bits per heavy atom. The van der Waals surface area contributed by atoms with Crippen LogP contribution in [-0.2, 0) is 9.53 Å². The van der Waals surface area contributed by atoms with Crippen LogP contribution in [0.3, 0.4) is 0 Å². The van der Waals surface area contributed by atoms with E-state index < -0.39 is 29.4 Å². The molecule has 0 radical (unpaired) electrons. The molecule has 1 unspecified atom stereocenters. The second-order valence-electron chi connectivity index (χ2n) is 8.22. The second kappa shape index (κ2) is 7.60. The van der Waals surface area contributed by atoms with Crippen molar-refractivity contribution in [1.82, 2.24) is 0 Å². The fourth-order valence-corrected chi connectivity index (χ4v) is 3.70. The Labute approximate surface area is 150 Å². The summed E-state index contributed by atoms with van der Waals surface area (Å²) in [5.74, 6) is -0.777. The summed E-state index contributed by atoms with van der Waals surface area (Å²) in [6.07, 6.45) is 4.00.